The quantitative estimate of drug-likeness (QED) is 0.554. The highest BCUT2D eigenvalue weighted by molar-refractivity contribution is 5.80. The van der Waals surface area contributed by atoms with Gasteiger partial charge in [0.25, 0.3) is 0 Å². The van der Waals surface area contributed by atoms with Gasteiger partial charge in [0.2, 0.25) is 0 Å². The first-order valence-electron chi connectivity index (χ1n) is 11.2. The number of pyridine rings is 1. The number of rotatable bonds is 7. The van der Waals surface area contributed by atoms with Gasteiger partial charge in [-0.1, -0.05) is 25.3 Å². The molecule has 2 atom stereocenters. The third-order valence-electron chi connectivity index (χ3n) is 6.58. The normalized spacial score (nSPS) is 23.9. The Morgan fingerprint density at radius 2 is 2.10 bits per heavy atom. The summed E-state index contributed by atoms with van der Waals surface area (Å²) >= 11 is 0. The van der Waals surface area contributed by atoms with E-state index >= 15 is 0 Å². The molecule has 0 bridgehead atoms. The maximum Gasteiger partial charge on any atom is 0.191 e. The number of hydrogen-bond acceptors (Lipinski definition) is 4. The van der Waals surface area contributed by atoms with Crippen LogP contribution in [0.3, 0.4) is 0 Å². The van der Waals surface area contributed by atoms with Gasteiger partial charge in [0.1, 0.15) is 5.82 Å². The van der Waals surface area contributed by atoms with Crippen LogP contribution in [0.4, 0.5) is 0 Å². The van der Waals surface area contributed by atoms with Gasteiger partial charge in [-0.25, -0.2) is 0 Å². The summed E-state index contributed by atoms with van der Waals surface area (Å²) in [6.45, 7) is 6.56. The van der Waals surface area contributed by atoms with Crippen molar-refractivity contribution in [3.63, 3.8) is 0 Å². The fraction of sp³-hybridized carbons (Fsp3) is 0.682. The topological polar surface area (TPSA) is 75.8 Å². The van der Waals surface area contributed by atoms with Crippen molar-refractivity contribution < 1.29 is 4.74 Å². The van der Waals surface area contributed by atoms with Crippen molar-refractivity contribution in [3.8, 4) is 0 Å². The minimum Gasteiger partial charge on any atom is -0.378 e. The van der Waals surface area contributed by atoms with Gasteiger partial charge >= 0.3 is 0 Å². The molecule has 2 aromatic heterocycles. The molecule has 0 radical (unpaired) electrons. The van der Waals surface area contributed by atoms with Crippen molar-refractivity contribution in [3.05, 3.63) is 30.2 Å². The zero-order valence-corrected chi connectivity index (χ0v) is 17.7. The molecule has 29 heavy (non-hydrogen) atoms. The fourth-order valence-corrected chi connectivity index (χ4v) is 5.08. The second-order valence-electron chi connectivity index (χ2n) is 8.23. The molecule has 2 unspecified atom stereocenters. The van der Waals surface area contributed by atoms with E-state index < -0.39 is 0 Å². The molecule has 0 saturated heterocycles. The lowest BCUT2D eigenvalue weighted by Crippen LogP contribution is -2.66. The lowest BCUT2D eigenvalue weighted by molar-refractivity contribution is -0.145. The van der Waals surface area contributed by atoms with E-state index in [2.05, 4.69) is 34.7 Å². The highest BCUT2D eigenvalue weighted by atomic mass is 16.5. The molecule has 7 nitrogen and oxygen atoms in total. The second kappa shape index (κ2) is 9.11. The van der Waals surface area contributed by atoms with E-state index in [9.17, 15) is 0 Å². The summed E-state index contributed by atoms with van der Waals surface area (Å²) in [5, 5.41) is 15.7. The molecule has 0 aliphatic heterocycles. The summed E-state index contributed by atoms with van der Waals surface area (Å²) < 4.78 is 8.13. The molecule has 2 fully saturated rings. The molecule has 2 aliphatic rings. The Hall–Kier alpha value is -2.15. The van der Waals surface area contributed by atoms with Crippen LogP contribution in [0.1, 0.15) is 58.2 Å². The monoisotopic (exact) mass is 398 g/mol. The van der Waals surface area contributed by atoms with Crippen molar-refractivity contribution in [1.29, 1.82) is 0 Å². The Labute approximate surface area is 173 Å². The van der Waals surface area contributed by atoms with Crippen molar-refractivity contribution in [2.75, 3.05) is 19.7 Å². The third kappa shape index (κ3) is 4.10. The summed E-state index contributed by atoms with van der Waals surface area (Å²) in [6.07, 6.45) is 10.8. The smallest absolute Gasteiger partial charge is 0.191 e. The molecule has 158 valence electrons. The van der Waals surface area contributed by atoms with Gasteiger partial charge in [0.05, 0.1) is 6.10 Å². The van der Waals surface area contributed by atoms with Gasteiger partial charge in [0, 0.05) is 43.8 Å². The highest BCUT2D eigenvalue weighted by Gasteiger charge is 2.55. The number of hydrogen-bond donors (Lipinski definition) is 2. The first-order valence-corrected chi connectivity index (χ1v) is 11.2. The molecule has 2 aromatic rings. The number of guanidine groups is 1. The predicted octanol–water partition coefficient (Wildman–Crippen LogP) is 2.95. The molecular weight excluding hydrogens is 364 g/mol. The van der Waals surface area contributed by atoms with Crippen LogP contribution in [-0.4, -0.2) is 52.4 Å². The minimum atomic E-state index is 0.285. The van der Waals surface area contributed by atoms with E-state index in [1.54, 1.807) is 0 Å². The van der Waals surface area contributed by atoms with E-state index in [1.165, 1.54) is 32.1 Å². The number of nitrogens with one attached hydrogen (secondary N) is 2. The standard InChI is InChI=1S/C22H34N6O/c1-3-23-21(24-14-11-20-27-26-19-10-6-9-15-28(19)20)25-17-16-18(29-4-2)22(17)12-7-5-8-13-22/h6,9-10,15,17-18H,3-5,7-8,11-14,16H2,1-2H3,(H2,23,24,25). The van der Waals surface area contributed by atoms with E-state index in [0.717, 1.165) is 43.4 Å². The zero-order chi connectivity index (χ0) is 20.1. The number of aromatic nitrogens is 3. The van der Waals surface area contributed by atoms with Crippen LogP contribution in [0.15, 0.2) is 29.4 Å². The first kappa shape index (κ1) is 20.1. The van der Waals surface area contributed by atoms with Gasteiger partial charge in [-0.05, 0) is 45.2 Å². The lowest BCUT2D eigenvalue weighted by atomic mass is 9.55. The largest absolute Gasteiger partial charge is 0.378 e. The maximum atomic E-state index is 6.10. The van der Waals surface area contributed by atoms with Crippen LogP contribution in [-0.2, 0) is 11.2 Å². The summed E-state index contributed by atoms with van der Waals surface area (Å²) in [5.41, 5.74) is 1.17. The van der Waals surface area contributed by atoms with Crippen LogP contribution in [0.5, 0.6) is 0 Å². The third-order valence-corrected chi connectivity index (χ3v) is 6.58. The Morgan fingerprint density at radius 1 is 1.24 bits per heavy atom. The number of fused-ring (bicyclic) bond motifs is 1. The van der Waals surface area contributed by atoms with E-state index in [1.807, 2.05) is 28.8 Å². The Balaban J connectivity index is 1.40. The van der Waals surface area contributed by atoms with Gasteiger partial charge in [-0.3, -0.25) is 9.39 Å². The van der Waals surface area contributed by atoms with Crippen LogP contribution in [0.2, 0.25) is 0 Å². The fourth-order valence-electron chi connectivity index (χ4n) is 5.08. The predicted molar refractivity (Wildman–Crippen MR) is 115 cm³/mol. The lowest BCUT2D eigenvalue weighted by Gasteiger charge is -2.58. The van der Waals surface area contributed by atoms with Crippen LogP contribution in [0, 0.1) is 5.41 Å². The Morgan fingerprint density at radius 3 is 2.90 bits per heavy atom. The average Bonchev–Trinajstić information content (AvgIpc) is 3.17. The molecule has 1 spiro atoms. The summed E-state index contributed by atoms with van der Waals surface area (Å²) in [5.74, 6) is 1.86. The van der Waals surface area contributed by atoms with Crippen LogP contribution in [0.25, 0.3) is 5.65 Å². The van der Waals surface area contributed by atoms with Gasteiger partial charge in [0.15, 0.2) is 11.6 Å². The zero-order valence-electron chi connectivity index (χ0n) is 17.7. The number of aliphatic imine (C=N–C) groups is 1. The van der Waals surface area contributed by atoms with Crippen molar-refractivity contribution >= 4 is 11.6 Å². The van der Waals surface area contributed by atoms with Crippen molar-refractivity contribution in [2.24, 2.45) is 10.4 Å². The molecule has 0 amide bonds. The van der Waals surface area contributed by atoms with Crippen LogP contribution >= 0.6 is 0 Å². The van der Waals surface area contributed by atoms with Gasteiger partial charge in [-0.2, -0.15) is 0 Å². The van der Waals surface area contributed by atoms with E-state index in [4.69, 9.17) is 9.73 Å². The van der Waals surface area contributed by atoms with E-state index in [0.29, 0.717) is 18.7 Å². The highest BCUT2D eigenvalue weighted by Crippen LogP contribution is 2.53. The first-order chi connectivity index (χ1) is 14.3. The second-order valence-corrected chi connectivity index (χ2v) is 8.23. The van der Waals surface area contributed by atoms with Gasteiger partial charge in [-0.15, -0.1) is 10.2 Å². The molecule has 2 aliphatic carbocycles. The molecule has 2 saturated carbocycles. The number of ether oxygens (including phenoxy) is 1. The Bertz CT molecular complexity index is 826. The summed E-state index contributed by atoms with van der Waals surface area (Å²) in [7, 11) is 0. The van der Waals surface area contributed by atoms with Crippen LogP contribution < -0.4 is 10.6 Å². The molecule has 0 aromatic carbocycles. The Kier molecular flexibility index (Phi) is 6.33. The van der Waals surface area contributed by atoms with E-state index in [-0.39, 0.29) is 5.41 Å². The van der Waals surface area contributed by atoms with Gasteiger partial charge < -0.3 is 15.4 Å². The summed E-state index contributed by atoms with van der Waals surface area (Å²) in [4.78, 5) is 4.84. The maximum absolute atomic E-state index is 6.10. The van der Waals surface area contributed by atoms with Crippen molar-refractivity contribution in [2.45, 2.75) is 70.9 Å². The molecule has 7 heteroatoms. The molecule has 4 rings (SSSR count). The molecule has 2 heterocycles. The molecular formula is C22H34N6O. The summed E-state index contributed by atoms with van der Waals surface area (Å²) in [6, 6.07) is 6.41. The SMILES string of the molecule is CCNC(=NCCc1nnc2ccccn12)NC1CC(OCC)C12CCCCC2. The number of nitrogens with zero attached hydrogens (tertiary/aromatic N) is 4. The minimum absolute atomic E-state index is 0.285. The average molecular weight is 399 g/mol. The molecule has 2 N–H and O–H groups in total. The van der Waals surface area contributed by atoms with Crippen molar-refractivity contribution in [1.82, 2.24) is 25.2 Å².